The number of aliphatic carboxylic acids is 1. The third kappa shape index (κ3) is 8.43. The molecule has 0 amide bonds. The summed E-state index contributed by atoms with van der Waals surface area (Å²) in [5, 5.41) is 36.7. The first kappa shape index (κ1) is 32.6. The second-order valence-electron chi connectivity index (χ2n) is 11.3. The van der Waals surface area contributed by atoms with Crippen molar-refractivity contribution in [2.24, 2.45) is 22.4 Å². The second-order valence-corrected chi connectivity index (χ2v) is 12.4. The molecule has 0 bridgehead atoms. The van der Waals surface area contributed by atoms with Crippen molar-refractivity contribution in [3.8, 4) is 0 Å². The zero-order valence-corrected chi connectivity index (χ0v) is 24.4. The fourth-order valence-electron chi connectivity index (χ4n) is 4.72. The fourth-order valence-corrected chi connectivity index (χ4v) is 5.29. The minimum atomic E-state index is -1.43. The molecular weight excluding hydrogens is 524 g/mol. The Balaban J connectivity index is 1.95. The molecule has 1 fully saturated rings. The number of carboxylic acids is 1. The standard InChI is InChI=1S/C27H40N4O7S/c1-14(10-18-13-39-17(4)29-18)19(30-31-28)11-22-27(7,38-22)9-8-20(32)15(2)24(36)16(3)25(37)26(5,6)21(33)12-23(34)35/h10,13,15-16,19,21-22,24,33,36H,8-9,11-12H2,1-7H3,(H,34,35)/b14-10+/t15-,16+,19-,21-,22-,24-,27+/m0/s1. The van der Waals surface area contributed by atoms with E-state index in [9.17, 15) is 24.6 Å². The van der Waals surface area contributed by atoms with Crippen LogP contribution in [0.3, 0.4) is 0 Å². The summed E-state index contributed by atoms with van der Waals surface area (Å²) in [6, 6.07) is -0.424. The Bertz CT molecular complexity index is 1140. The van der Waals surface area contributed by atoms with Crippen molar-refractivity contribution in [3.05, 3.63) is 32.1 Å². The zero-order valence-electron chi connectivity index (χ0n) is 23.6. The molecule has 1 aromatic heterocycles. The van der Waals surface area contributed by atoms with E-state index in [1.54, 1.807) is 6.92 Å². The van der Waals surface area contributed by atoms with E-state index in [0.717, 1.165) is 16.3 Å². The Hall–Kier alpha value is -2.63. The molecule has 216 valence electrons. The number of nitrogens with zero attached hydrogens (tertiary/aromatic N) is 4. The highest BCUT2D eigenvalue weighted by Gasteiger charge is 2.52. The van der Waals surface area contributed by atoms with Gasteiger partial charge < -0.3 is 20.1 Å². The van der Waals surface area contributed by atoms with Gasteiger partial charge in [0.05, 0.1) is 52.5 Å². The summed E-state index contributed by atoms with van der Waals surface area (Å²) in [6.07, 6.45) is -0.662. The van der Waals surface area contributed by atoms with Crippen LogP contribution in [-0.2, 0) is 19.1 Å². The van der Waals surface area contributed by atoms with Crippen molar-refractivity contribution in [1.82, 2.24) is 4.98 Å². The van der Waals surface area contributed by atoms with Crippen LogP contribution in [0.1, 0.15) is 77.9 Å². The second kappa shape index (κ2) is 13.1. The van der Waals surface area contributed by atoms with Gasteiger partial charge in [-0.2, -0.15) is 0 Å². The predicted molar refractivity (Wildman–Crippen MR) is 147 cm³/mol. The highest BCUT2D eigenvalue weighted by Crippen LogP contribution is 2.44. The van der Waals surface area contributed by atoms with E-state index in [-0.39, 0.29) is 18.3 Å². The van der Waals surface area contributed by atoms with Gasteiger partial charge in [0.2, 0.25) is 0 Å². The number of carbonyl (C=O) groups is 3. The van der Waals surface area contributed by atoms with Gasteiger partial charge in [-0.05, 0) is 45.2 Å². The summed E-state index contributed by atoms with van der Waals surface area (Å²) in [4.78, 5) is 44.2. The number of thiazole rings is 1. The van der Waals surface area contributed by atoms with Gasteiger partial charge in [-0.25, -0.2) is 4.98 Å². The highest BCUT2D eigenvalue weighted by molar-refractivity contribution is 7.09. The summed E-state index contributed by atoms with van der Waals surface area (Å²) in [5.74, 6) is -3.81. The number of Topliss-reactive ketones (excluding diaryl/α,β-unsaturated/α-hetero) is 2. The normalized spacial score (nSPS) is 23.2. The van der Waals surface area contributed by atoms with Crippen LogP contribution in [0.4, 0.5) is 0 Å². The summed E-state index contributed by atoms with van der Waals surface area (Å²) in [7, 11) is 0. The van der Waals surface area contributed by atoms with E-state index in [2.05, 4.69) is 15.0 Å². The molecule has 2 rings (SSSR count). The Morgan fingerprint density at radius 2 is 1.95 bits per heavy atom. The van der Waals surface area contributed by atoms with Gasteiger partial charge in [-0.15, -0.1) is 11.3 Å². The number of ether oxygens (including phenoxy) is 1. The minimum Gasteiger partial charge on any atom is -0.481 e. The summed E-state index contributed by atoms with van der Waals surface area (Å²) < 4.78 is 5.90. The summed E-state index contributed by atoms with van der Waals surface area (Å²) in [5.41, 5.74) is 8.74. The molecule has 2 heterocycles. The first-order valence-electron chi connectivity index (χ1n) is 13.0. The third-order valence-corrected chi connectivity index (χ3v) is 8.64. The van der Waals surface area contributed by atoms with Crippen LogP contribution in [0, 0.1) is 24.2 Å². The van der Waals surface area contributed by atoms with Crippen LogP contribution in [-0.4, -0.2) is 67.8 Å². The van der Waals surface area contributed by atoms with Crippen molar-refractivity contribution in [2.75, 3.05) is 0 Å². The zero-order chi connectivity index (χ0) is 29.7. The van der Waals surface area contributed by atoms with Crippen molar-refractivity contribution in [1.29, 1.82) is 0 Å². The molecule has 1 saturated heterocycles. The van der Waals surface area contributed by atoms with E-state index in [1.165, 1.54) is 32.1 Å². The van der Waals surface area contributed by atoms with Gasteiger partial charge in [0.25, 0.3) is 0 Å². The van der Waals surface area contributed by atoms with Gasteiger partial charge in [-0.3, -0.25) is 14.4 Å². The molecule has 1 aromatic rings. The number of rotatable bonds is 16. The molecule has 0 unspecified atom stereocenters. The van der Waals surface area contributed by atoms with Crippen LogP contribution in [0.25, 0.3) is 16.5 Å². The molecule has 11 nitrogen and oxygen atoms in total. The maximum Gasteiger partial charge on any atom is 0.306 e. The molecule has 0 spiro atoms. The topological polar surface area (TPSA) is 186 Å². The van der Waals surface area contributed by atoms with Crippen LogP contribution < -0.4 is 0 Å². The average Bonchev–Trinajstić information content (AvgIpc) is 3.32. The number of carboxylic acid groups (broad SMARTS) is 1. The Kier molecular flexibility index (Phi) is 11.0. The van der Waals surface area contributed by atoms with Crippen LogP contribution in [0.15, 0.2) is 16.1 Å². The van der Waals surface area contributed by atoms with Crippen molar-refractivity contribution in [3.63, 3.8) is 0 Å². The minimum absolute atomic E-state index is 0.121. The Morgan fingerprint density at radius 1 is 1.31 bits per heavy atom. The smallest absolute Gasteiger partial charge is 0.306 e. The SMILES string of the molecule is C/C(=C\c1csc(C)n1)[C@H](C[C@@H]1O[C@]1(C)CCC(=O)[C@H](C)[C@H](O)[C@@H](C)C(=O)C(C)(C)[C@@H](O)CC(=O)O)N=[N+]=[N-]. The molecule has 0 saturated carbocycles. The average molecular weight is 565 g/mol. The molecule has 0 aromatic carbocycles. The predicted octanol–water partition coefficient (Wildman–Crippen LogP) is 4.49. The number of hydrogen-bond acceptors (Lipinski definition) is 9. The number of aliphatic hydroxyl groups is 2. The van der Waals surface area contributed by atoms with Crippen molar-refractivity contribution in [2.45, 2.75) is 104 Å². The molecule has 1 aliphatic rings. The Labute approximate surface area is 232 Å². The van der Waals surface area contributed by atoms with Crippen molar-refractivity contribution < 1.29 is 34.4 Å². The fraction of sp³-hybridized carbons (Fsp3) is 0.704. The summed E-state index contributed by atoms with van der Waals surface area (Å²) >= 11 is 1.53. The number of carbonyl (C=O) groups excluding carboxylic acids is 2. The lowest BCUT2D eigenvalue weighted by Gasteiger charge is -2.33. The number of hydrogen-bond donors (Lipinski definition) is 3. The van der Waals surface area contributed by atoms with E-state index < -0.39 is 59.3 Å². The number of aliphatic hydroxyl groups excluding tert-OH is 2. The van der Waals surface area contributed by atoms with Gasteiger partial charge in [0.15, 0.2) is 0 Å². The van der Waals surface area contributed by atoms with E-state index >= 15 is 0 Å². The van der Waals surface area contributed by atoms with Crippen molar-refractivity contribution >= 4 is 34.9 Å². The van der Waals surface area contributed by atoms with Gasteiger partial charge >= 0.3 is 5.97 Å². The maximum absolute atomic E-state index is 13.0. The highest BCUT2D eigenvalue weighted by atomic mass is 32.1. The van der Waals surface area contributed by atoms with Crippen LogP contribution in [0.2, 0.25) is 0 Å². The first-order chi connectivity index (χ1) is 18.0. The molecular formula is C27H40N4O7S. The summed E-state index contributed by atoms with van der Waals surface area (Å²) in [6.45, 7) is 11.6. The third-order valence-electron chi connectivity index (χ3n) is 7.85. The van der Waals surface area contributed by atoms with Gasteiger partial charge in [0, 0.05) is 28.5 Å². The molecule has 0 aliphatic carbocycles. The molecule has 39 heavy (non-hydrogen) atoms. The lowest BCUT2D eigenvalue weighted by Crippen LogP contribution is -2.46. The van der Waals surface area contributed by atoms with E-state index in [0.29, 0.717) is 12.8 Å². The number of aromatic nitrogens is 1. The van der Waals surface area contributed by atoms with Crippen LogP contribution in [0.5, 0.6) is 0 Å². The lowest BCUT2D eigenvalue weighted by molar-refractivity contribution is -0.147. The van der Waals surface area contributed by atoms with Gasteiger partial charge in [-0.1, -0.05) is 38.4 Å². The number of aryl methyl sites for hydroxylation is 1. The number of epoxide rings is 1. The van der Waals surface area contributed by atoms with Gasteiger partial charge in [0.1, 0.15) is 11.6 Å². The monoisotopic (exact) mass is 564 g/mol. The molecule has 7 atom stereocenters. The molecule has 1 aliphatic heterocycles. The largest absolute Gasteiger partial charge is 0.481 e. The molecule has 12 heteroatoms. The van der Waals surface area contributed by atoms with Crippen LogP contribution >= 0.6 is 11.3 Å². The lowest BCUT2D eigenvalue weighted by atomic mass is 9.73. The van der Waals surface area contributed by atoms with E-state index in [1.807, 2.05) is 32.2 Å². The van der Waals surface area contributed by atoms with E-state index in [4.69, 9.17) is 15.4 Å². The molecule has 3 N–H and O–H groups in total. The Morgan fingerprint density at radius 3 is 2.49 bits per heavy atom. The first-order valence-corrected chi connectivity index (χ1v) is 13.9. The quantitative estimate of drug-likeness (QED) is 0.113. The number of ketones is 2. The maximum atomic E-state index is 13.0. The number of azide groups is 1. The molecule has 0 radical (unpaired) electrons.